The SMILES string of the molecule is CC1=CC(C)=[N+]2CC[N+]3=C(C)C=C(C)O[Si-2]23([N+]#CS)([N+]#CS)O1. The molecule has 9 heteroatoms. The van der Waals surface area contributed by atoms with E-state index in [0.29, 0.717) is 24.6 Å². The van der Waals surface area contributed by atoms with E-state index in [1.807, 2.05) is 48.3 Å². The maximum atomic E-state index is 6.48. The van der Waals surface area contributed by atoms with Crippen molar-refractivity contribution >= 4 is 44.4 Å². The van der Waals surface area contributed by atoms with Crippen LogP contribution in [0.15, 0.2) is 23.7 Å². The first kappa shape index (κ1) is 16.2. The molecule has 3 rings (SSSR count). The zero-order valence-electron chi connectivity index (χ0n) is 13.6. The van der Waals surface area contributed by atoms with Gasteiger partial charge in [-0.1, -0.05) is 0 Å². The van der Waals surface area contributed by atoms with E-state index in [-0.39, 0.29) is 0 Å². The molecule has 0 atom stereocenters. The second kappa shape index (κ2) is 4.44. The van der Waals surface area contributed by atoms with Crippen LogP contribution in [0.5, 0.6) is 0 Å². The number of thiocyanates is 2. The van der Waals surface area contributed by atoms with Crippen LogP contribution < -0.4 is 0 Å². The summed E-state index contributed by atoms with van der Waals surface area (Å²) >= 11 is 8.25. The summed E-state index contributed by atoms with van der Waals surface area (Å²) in [5, 5.41) is 5.21. The molecule has 122 valence electrons. The third kappa shape index (κ3) is 1.60. The van der Waals surface area contributed by atoms with Crippen molar-refractivity contribution < 1.29 is 17.3 Å². The van der Waals surface area contributed by atoms with Gasteiger partial charge in [0.2, 0.25) is 0 Å². The summed E-state index contributed by atoms with van der Waals surface area (Å²) < 4.78 is 26.2. The van der Waals surface area contributed by atoms with Gasteiger partial charge in [-0.15, -0.1) is 0 Å². The van der Waals surface area contributed by atoms with E-state index < -0.39 is 7.76 Å². The first-order valence-electron chi connectivity index (χ1n) is 7.34. The fourth-order valence-electron chi connectivity index (χ4n) is 4.27. The summed E-state index contributed by atoms with van der Waals surface area (Å²) in [4.78, 5) is 0. The first-order chi connectivity index (χ1) is 10.8. The van der Waals surface area contributed by atoms with Gasteiger partial charge in [-0.25, -0.2) is 0 Å². The van der Waals surface area contributed by atoms with Crippen LogP contribution in [0.4, 0.5) is 0 Å². The van der Waals surface area contributed by atoms with Gasteiger partial charge >= 0.3 is 146 Å². The molecule has 3 aliphatic rings. The Morgan fingerprint density at radius 1 is 0.913 bits per heavy atom. The van der Waals surface area contributed by atoms with E-state index in [9.17, 15) is 0 Å². The number of hydrogen-bond acceptors (Lipinski definition) is 4. The van der Waals surface area contributed by atoms with Gasteiger partial charge in [0.05, 0.1) is 0 Å². The van der Waals surface area contributed by atoms with Crippen molar-refractivity contribution in [2.45, 2.75) is 27.7 Å². The molecule has 0 unspecified atom stereocenters. The van der Waals surface area contributed by atoms with E-state index >= 15 is 0 Å². The predicted molar refractivity (Wildman–Crippen MR) is 99.5 cm³/mol. The number of thiol groups is 2. The summed E-state index contributed by atoms with van der Waals surface area (Å²) in [6.07, 6.45) is 3.90. The molecular weight excluding hydrogens is 348 g/mol. The van der Waals surface area contributed by atoms with Crippen LogP contribution in [0.2, 0.25) is 0 Å². The standard InChI is InChI=1S/C14H20N4O2S2Si/c1-11-7-13(3)19-23(15-9-21,16-10-22)17(11)5-6-18(23)12(2)8-14(4)20-23/h7-8,21-22H,5-6H2,1-4H3/q+2. The van der Waals surface area contributed by atoms with Gasteiger partial charge in [0, 0.05) is 0 Å². The molecule has 1 fully saturated rings. The predicted octanol–water partition coefficient (Wildman–Crippen LogP) is 2.59. The summed E-state index contributed by atoms with van der Waals surface area (Å²) in [5.41, 5.74) is 1.92. The minimum atomic E-state index is -5.23. The van der Waals surface area contributed by atoms with E-state index in [2.05, 4.69) is 45.1 Å². The normalized spacial score (nSPS) is 28.3. The van der Waals surface area contributed by atoms with Crippen LogP contribution in [0.1, 0.15) is 27.7 Å². The van der Waals surface area contributed by atoms with Crippen molar-refractivity contribution in [3.05, 3.63) is 32.7 Å². The summed E-state index contributed by atoms with van der Waals surface area (Å²) in [6.45, 7) is 9.01. The molecule has 0 saturated carbocycles. The molecule has 6 nitrogen and oxygen atoms in total. The van der Waals surface area contributed by atoms with E-state index in [4.69, 9.17) is 8.85 Å². The Hall–Kier alpha value is -1.68. The number of rotatable bonds is 0. The van der Waals surface area contributed by atoms with Crippen LogP contribution >= 0.6 is 25.3 Å². The van der Waals surface area contributed by atoms with Crippen LogP contribution in [-0.4, -0.2) is 40.8 Å². The Kier molecular flexibility index (Phi) is 3.12. The fraction of sp³-hybridized carbons (Fsp3) is 0.429. The van der Waals surface area contributed by atoms with Crippen molar-refractivity contribution in [3.63, 3.8) is 0 Å². The third-order valence-corrected chi connectivity index (χ3v) is 11.5. The van der Waals surface area contributed by atoms with Gasteiger partial charge in [0.15, 0.2) is 0 Å². The molecule has 0 N–H and O–H groups in total. The maximum absolute atomic E-state index is 6.48. The zero-order chi connectivity index (χ0) is 16.9. The summed E-state index contributed by atoms with van der Waals surface area (Å²) in [7, 11) is -5.23. The fourth-order valence-corrected chi connectivity index (χ4v) is 11.8. The van der Waals surface area contributed by atoms with Crippen molar-refractivity contribution in [2.75, 3.05) is 13.1 Å². The van der Waals surface area contributed by atoms with Crippen LogP contribution in [0.3, 0.4) is 0 Å². The molecule has 0 aliphatic carbocycles. The van der Waals surface area contributed by atoms with Gasteiger partial charge in [-0.05, 0) is 0 Å². The Morgan fingerprint density at radius 3 is 1.65 bits per heavy atom. The molecule has 1 saturated heterocycles. The quantitative estimate of drug-likeness (QED) is 0.391. The van der Waals surface area contributed by atoms with Crippen molar-refractivity contribution in [3.8, 4) is 10.8 Å². The van der Waals surface area contributed by atoms with E-state index in [0.717, 1.165) is 11.4 Å². The molecular formula is C14H20N4O2S2Si+2. The molecule has 1 spiro atoms. The van der Waals surface area contributed by atoms with Crippen molar-refractivity contribution in [1.29, 1.82) is 0 Å². The number of hydrogen-bond donors (Lipinski definition) is 2. The molecule has 23 heavy (non-hydrogen) atoms. The van der Waals surface area contributed by atoms with Crippen LogP contribution in [0, 0.1) is 10.8 Å². The van der Waals surface area contributed by atoms with E-state index in [1.54, 1.807) is 0 Å². The van der Waals surface area contributed by atoms with E-state index in [1.165, 1.54) is 0 Å². The molecule has 3 heterocycles. The zero-order valence-corrected chi connectivity index (χ0v) is 16.4. The number of allylic oxidation sites excluding steroid dienone is 4. The summed E-state index contributed by atoms with van der Waals surface area (Å²) in [5.74, 6) is 1.33. The third-order valence-electron chi connectivity index (χ3n) is 4.74. The Balaban J connectivity index is 2.66. The second-order valence-corrected chi connectivity index (χ2v) is 11.3. The van der Waals surface area contributed by atoms with Gasteiger partial charge < -0.3 is 0 Å². The molecule has 0 radical (unpaired) electrons. The van der Waals surface area contributed by atoms with Gasteiger partial charge in [-0.3, -0.25) is 0 Å². The summed E-state index contributed by atoms with van der Waals surface area (Å²) in [6, 6.07) is 0. The van der Waals surface area contributed by atoms with Gasteiger partial charge in [-0.2, -0.15) is 0 Å². The Bertz CT molecular complexity index is 833. The molecule has 0 aromatic carbocycles. The molecule has 0 aromatic rings. The van der Waals surface area contributed by atoms with Crippen LogP contribution in [0.25, 0.3) is 9.02 Å². The van der Waals surface area contributed by atoms with Crippen molar-refractivity contribution in [2.24, 2.45) is 0 Å². The first-order valence-corrected chi connectivity index (χ1v) is 10.8. The average molecular weight is 369 g/mol. The van der Waals surface area contributed by atoms with Gasteiger partial charge in [0.1, 0.15) is 0 Å². The monoisotopic (exact) mass is 368 g/mol. The molecule has 0 bridgehead atoms. The number of nitrogens with zero attached hydrogens (tertiary/aromatic N) is 4. The molecule has 0 amide bonds. The van der Waals surface area contributed by atoms with Gasteiger partial charge in [0.25, 0.3) is 0 Å². The second-order valence-electron chi connectivity index (χ2n) is 6.14. The molecule has 3 aliphatic heterocycles. The minimum absolute atomic E-state index is 0.649. The van der Waals surface area contributed by atoms with Crippen molar-refractivity contribution in [1.82, 2.24) is 0 Å². The topological polar surface area (TPSA) is 33.2 Å². The molecule has 0 aromatic heterocycles. The Morgan fingerprint density at radius 2 is 1.30 bits per heavy atom. The Labute approximate surface area is 146 Å². The van der Waals surface area contributed by atoms with Crippen LogP contribution in [-0.2, 0) is 8.85 Å². The average Bonchev–Trinajstić information content (AvgIpc) is 2.71.